The molecule has 0 aliphatic heterocycles. The number of pyridine rings is 2. The maximum Gasteiger partial charge on any atom is 0.104 e. The Hall–Kier alpha value is -0.710. The van der Waals surface area contributed by atoms with E-state index in [4.69, 9.17) is 0 Å². The van der Waals surface area contributed by atoms with E-state index in [1.54, 1.807) is 0 Å². The van der Waals surface area contributed by atoms with E-state index < -0.39 is 0 Å². The van der Waals surface area contributed by atoms with Crippen molar-refractivity contribution < 1.29 is 0 Å². The standard InChI is InChI=1S/C9H7IN2/c1-6-8-2-3-11-4-7(8)5-12-9(6)10/h2-5H,1H3. The maximum atomic E-state index is 4.25. The largest absolute Gasteiger partial charge is 0.264 e. The molecule has 0 aliphatic carbocycles. The molecule has 0 bridgehead atoms. The zero-order valence-corrected chi connectivity index (χ0v) is 8.74. The molecule has 0 radical (unpaired) electrons. The lowest BCUT2D eigenvalue weighted by atomic mass is 10.1. The van der Waals surface area contributed by atoms with Gasteiger partial charge in [0.15, 0.2) is 0 Å². The van der Waals surface area contributed by atoms with Gasteiger partial charge in [0.1, 0.15) is 3.70 Å². The molecule has 2 heterocycles. The Bertz CT molecular complexity index is 426. The molecule has 0 fully saturated rings. The minimum atomic E-state index is 1.06. The first-order valence-electron chi connectivity index (χ1n) is 3.64. The van der Waals surface area contributed by atoms with Gasteiger partial charge in [-0.2, -0.15) is 0 Å². The topological polar surface area (TPSA) is 25.8 Å². The van der Waals surface area contributed by atoms with E-state index in [2.05, 4.69) is 39.5 Å². The van der Waals surface area contributed by atoms with Crippen LogP contribution in [0.5, 0.6) is 0 Å². The summed E-state index contributed by atoms with van der Waals surface area (Å²) in [6.45, 7) is 2.08. The summed E-state index contributed by atoms with van der Waals surface area (Å²) in [7, 11) is 0. The first kappa shape index (κ1) is 7.91. The van der Waals surface area contributed by atoms with Crippen molar-refractivity contribution in [2.45, 2.75) is 6.92 Å². The fraction of sp³-hybridized carbons (Fsp3) is 0.111. The summed E-state index contributed by atoms with van der Waals surface area (Å²) in [6.07, 6.45) is 5.51. The molecule has 0 atom stereocenters. The molecule has 60 valence electrons. The quantitative estimate of drug-likeness (QED) is 0.543. The van der Waals surface area contributed by atoms with Crippen molar-refractivity contribution in [3.63, 3.8) is 0 Å². The Morgan fingerprint density at radius 3 is 3.00 bits per heavy atom. The van der Waals surface area contributed by atoms with Crippen molar-refractivity contribution in [1.82, 2.24) is 9.97 Å². The number of hydrogen-bond acceptors (Lipinski definition) is 2. The predicted octanol–water partition coefficient (Wildman–Crippen LogP) is 2.54. The van der Waals surface area contributed by atoms with Crippen LogP contribution in [0.2, 0.25) is 0 Å². The van der Waals surface area contributed by atoms with Crippen molar-refractivity contribution in [3.8, 4) is 0 Å². The number of aryl methyl sites for hydroxylation is 1. The summed E-state index contributed by atoms with van der Waals surface area (Å²) in [6, 6.07) is 2.02. The Morgan fingerprint density at radius 2 is 2.17 bits per heavy atom. The van der Waals surface area contributed by atoms with Gasteiger partial charge in [-0.25, -0.2) is 4.98 Å². The van der Waals surface area contributed by atoms with Gasteiger partial charge < -0.3 is 0 Å². The van der Waals surface area contributed by atoms with Crippen molar-refractivity contribution in [1.29, 1.82) is 0 Å². The second-order valence-electron chi connectivity index (χ2n) is 2.64. The van der Waals surface area contributed by atoms with Crippen LogP contribution in [-0.2, 0) is 0 Å². The highest BCUT2D eigenvalue weighted by Gasteiger charge is 2.00. The zero-order valence-electron chi connectivity index (χ0n) is 6.58. The van der Waals surface area contributed by atoms with Crippen LogP contribution in [-0.4, -0.2) is 9.97 Å². The highest BCUT2D eigenvalue weighted by molar-refractivity contribution is 14.1. The molecule has 0 aromatic carbocycles. The van der Waals surface area contributed by atoms with Crippen LogP contribution in [0, 0.1) is 10.6 Å². The van der Waals surface area contributed by atoms with Crippen molar-refractivity contribution in [2.75, 3.05) is 0 Å². The van der Waals surface area contributed by atoms with E-state index in [9.17, 15) is 0 Å². The molecule has 0 amide bonds. The Morgan fingerprint density at radius 1 is 1.33 bits per heavy atom. The van der Waals surface area contributed by atoms with Gasteiger partial charge in [-0.1, -0.05) is 0 Å². The molecular formula is C9H7IN2. The zero-order chi connectivity index (χ0) is 8.55. The molecule has 2 rings (SSSR count). The smallest absolute Gasteiger partial charge is 0.104 e. The summed E-state index contributed by atoms with van der Waals surface area (Å²) in [5.41, 5.74) is 1.23. The van der Waals surface area contributed by atoms with E-state index in [0.717, 1.165) is 9.09 Å². The van der Waals surface area contributed by atoms with Gasteiger partial charge in [-0.15, -0.1) is 0 Å². The van der Waals surface area contributed by atoms with Gasteiger partial charge in [-0.05, 0) is 46.5 Å². The molecule has 12 heavy (non-hydrogen) atoms. The number of hydrogen-bond donors (Lipinski definition) is 0. The van der Waals surface area contributed by atoms with Crippen molar-refractivity contribution >= 4 is 33.4 Å². The second kappa shape index (κ2) is 2.97. The third kappa shape index (κ3) is 1.18. The lowest BCUT2D eigenvalue weighted by molar-refractivity contribution is 1.23. The summed E-state index contributed by atoms with van der Waals surface area (Å²) in [5, 5.41) is 2.35. The lowest BCUT2D eigenvalue weighted by Gasteiger charge is -2.01. The highest BCUT2D eigenvalue weighted by atomic mass is 127. The van der Waals surface area contributed by atoms with Gasteiger partial charge >= 0.3 is 0 Å². The third-order valence-electron chi connectivity index (χ3n) is 1.88. The molecule has 2 aromatic heterocycles. The first-order chi connectivity index (χ1) is 5.79. The normalized spacial score (nSPS) is 10.5. The third-order valence-corrected chi connectivity index (χ3v) is 2.97. The van der Waals surface area contributed by atoms with E-state index in [-0.39, 0.29) is 0 Å². The fourth-order valence-corrected chi connectivity index (χ4v) is 1.62. The van der Waals surface area contributed by atoms with Crippen LogP contribution >= 0.6 is 22.6 Å². The maximum absolute atomic E-state index is 4.25. The van der Waals surface area contributed by atoms with Gasteiger partial charge in [0.2, 0.25) is 0 Å². The Balaban J connectivity index is 2.91. The Labute approximate surface area is 84.2 Å². The molecule has 0 saturated heterocycles. The molecule has 3 heteroatoms. The number of nitrogens with zero attached hydrogens (tertiary/aromatic N) is 2. The van der Waals surface area contributed by atoms with Crippen LogP contribution in [0.3, 0.4) is 0 Å². The van der Waals surface area contributed by atoms with Gasteiger partial charge in [-0.3, -0.25) is 4.98 Å². The number of halogens is 1. The summed E-state index contributed by atoms with van der Waals surface area (Å²) in [5.74, 6) is 0. The monoisotopic (exact) mass is 270 g/mol. The van der Waals surface area contributed by atoms with Crippen molar-refractivity contribution in [2.24, 2.45) is 0 Å². The average Bonchev–Trinajstić information content (AvgIpc) is 2.12. The summed E-state index contributed by atoms with van der Waals surface area (Å²) in [4.78, 5) is 8.29. The summed E-state index contributed by atoms with van der Waals surface area (Å²) < 4.78 is 1.06. The number of aromatic nitrogens is 2. The molecule has 0 N–H and O–H groups in total. The first-order valence-corrected chi connectivity index (χ1v) is 4.72. The van der Waals surface area contributed by atoms with Gasteiger partial charge in [0.05, 0.1) is 0 Å². The second-order valence-corrected chi connectivity index (χ2v) is 3.66. The van der Waals surface area contributed by atoms with E-state index in [0.29, 0.717) is 0 Å². The molecular weight excluding hydrogens is 263 g/mol. The van der Waals surface area contributed by atoms with Crippen LogP contribution in [0.4, 0.5) is 0 Å². The number of fused-ring (bicyclic) bond motifs is 1. The SMILES string of the molecule is Cc1c(I)ncc2cnccc12. The van der Waals surface area contributed by atoms with E-state index in [1.165, 1.54) is 10.9 Å². The minimum absolute atomic E-state index is 1.06. The van der Waals surface area contributed by atoms with Crippen molar-refractivity contribution in [3.05, 3.63) is 33.9 Å². The fourth-order valence-electron chi connectivity index (χ4n) is 1.19. The molecule has 0 aliphatic rings. The molecule has 2 aromatic rings. The van der Waals surface area contributed by atoms with Crippen LogP contribution in [0.25, 0.3) is 10.8 Å². The van der Waals surface area contributed by atoms with E-state index >= 15 is 0 Å². The van der Waals surface area contributed by atoms with Crippen LogP contribution < -0.4 is 0 Å². The minimum Gasteiger partial charge on any atom is -0.264 e. The molecule has 2 nitrogen and oxygen atoms in total. The molecule has 0 saturated carbocycles. The van der Waals surface area contributed by atoms with Gasteiger partial charge in [0, 0.05) is 24.0 Å². The summed E-state index contributed by atoms with van der Waals surface area (Å²) >= 11 is 2.24. The van der Waals surface area contributed by atoms with Crippen LogP contribution in [0.1, 0.15) is 5.56 Å². The van der Waals surface area contributed by atoms with Crippen LogP contribution in [0.15, 0.2) is 24.7 Å². The number of rotatable bonds is 0. The Kier molecular flexibility index (Phi) is 1.96. The predicted molar refractivity (Wildman–Crippen MR) is 57.0 cm³/mol. The average molecular weight is 270 g/mol. The molecule has 0 unspecified atom stereocenters. The molecule has 0 spiro atoms. The highest BCUT2D eigenvalue weighted by Crippen LogP contribution is 2.19. The lowest BCUT2D eigenvalue weighted by Crippen LogP contribution is -1.87. The van der Waals surface area contributed by atoms with Gasteiger partial charge in [0.25, 0.3) is 0 Å². The van der Waals surface area contributed by atoms with E-state index in [1.807, 2.05) is 24.7 Å².